The van der Waals surface area contributed by atoms with Gasteiger partial charge in [-0.3, -0.25) is 4.57 Å². The molecule has 1 aliphatic heterocycles. The number of nitrogens with zero attached hydrogens (tertiary/aromatic N) is 4. The number of urea groups is 1. The average Bonchev–Trinajstić information content (AvgIpc) is 3.13. The normalized spacial score (nSPS) is 30.6. The van der Waals surface area contributed by atoms with Gasteiger partial charge in [0.2, 0.25) is 0 Å². The van der Waals surface area contributed by atoms with E-state index in [2.05, 4.69) is 5.32 Å². The molecular weight excluding hydrogens is 426 g/mol. The predicted molar refractivity (Wildman–Crippen MR) is 131 cm³/mol. The average molecular weight is 464 g/mol. The second-order valence-corrected chi connectivity index (χ2v) is 11.4. The number of hydrogen-bond donors (Lipinski definition) is 1. The summed E-state index contributed by atoms with van der Waals surface area (Å²) in [4.78, 5) is 28.2. The van der Waals surface area contributed by atoms with Crippen LogP contribution in [0.3, 0.4) is 0 Å². The van der Waals surface area contributed by atoms with Crippen molar-refractivity contribution < 1.29 is 4.79 Å². The first-order valence-electron chi connectivity index (χ1n) is 13.3. The molecule has 7 rings (SSSR count). The lowest BCUT2D eigenvalue weighted by Crippen LogP contribution is -2.62. The first-order chi connectivity index (χ1) is 16.5. The molecule has 182 valence electrons. The van der Waals surface area contributed by atoms with Crippen LogP contribution in [0.1, 0.15) is 75.6 Å². The molecule has 5 fully saturated rings. The lowest BCUT2D eigenvalue weighted by Gasteiger charge is -2.57. The number of rotatable bonds is 5. The molecule has 1 aromatic heterocycles. The minimum atomic E-state index is -0.0386. The monoisotopic (exact) mass is 463 g/mol. The van der Waals surface area contributed by atoms with Crippen LogP contribution in [0, 0.1) is 17.8 Å². The molecule has 4 bridgehead atoms. The van der Waals surface area contributed by atoms with E-state index in [1.54, 1.807) is 4.68 Å². The highest BCUT2D eigenvalue weighted by Crippen LogP contribution is 2.55. The molecule has 1 saturated heterocycles. The number of amides is 2. The van der Waals surface area contributed by atoms with Gasteiger partial charge in [0, 0.05) is 31.1 Å². The number of aromatic nitrogens is 3. The van der Waals surface area contributed by atoms with Crippen molar-refractivity contribution in [1.82, 2.24) is 24.6 Å². The zero-order valence-electron chi connectivity index (χ0n) is 20.3. The third-order valence-corrected chi connectivity index (χ3v) is 9.00. The van der Waals surface area contributed by atoms with Crippen LogP contribution >= 0.6 is 0 Å². The summed E-state index contributed by atoms with van der Waals surface area (Å²) in [5, 5.41) is 8.29. The molecule has 1 aromatic carbocycles. The SMILES string of the molecule is CCn1c(C2CCN(C(=O)NC34CC5CC(CC(C5)C3)C4)CC2)nn(Cc2ccccc2)c1=O. The van der Waals surface area contributed by atoms with Gasteiger partial charge in [0.15, 0.2) is 0 Å². The predicted octanol–water partition coefficient (Wildman–Crippen LogP) is 3.97. The van der Waals surface area contributed by atoms with Crippen molar-refractivity contribution in [2.24, 2.45) is 17.8 Å². The van der Waals surface area contributed by atoms with Gasteiger partial charge in [-0.15, -0.1) is 0 Å². The Morgan fingerprint density at radius 3 is 2.24 bits per heavy atom. The van der Waals surface area contributed by atoms with Crippen molar-refractivity contribution in [3.05, 3.63) is 52.2 Å². The largest absolute Gasteiger partial charge is 0.346 e. The Labute approximate surface area is 201 Å². The Balaban J connectivity index is 1.11. The number of carbonyl (C=O) groups is 1. The van der Waals surface area contributed by atoms with Crippen molar-refractivity contribution in [3.63, 3.8) is 0 Å². The summed E-state index contributed by atoms with van der Waals surface area (Å²) in [5.41, 5.74) is 1.10. The van der Waals surface area contributed by atoms with E-state index in [0.717, 1.165) is 55.1 Å². The van der Waals surface area contributed by atoms with Crippen LogP contribution in [-0.2, 0) is 13.1 Å². The Bertz CT molecular complexity index is 1060. The summed E-state index contributed by atoms with van der Waals surface area (Å²) in [6, 6.07) is 10.1. The highest BCUT2D eigenvalue weighted by Gasteiger charge is 2.52. The fraction of sp³-hybridized carbons (Fsp3) is 0.667. The van der Waals surface area contributed by atoms with Crippen LogP contribution in [0.15, 0.2) is 35.1 Å². The van der Waals surface area contributed by atoms with Crippen molar-refractivity contribution in [2.45, 2.75) is 82.8 Å². The van der Waals surface area contributed by atoms with E-state index in [-0.39, 0.29) is 23.2 Å². The van der Waals surface area contributed by atoms with Gasteiger partial charge in [-0.2, -0.15) is 5.10 Å². The van der Waals surface area contributed by atoms with Crippen LogP contribution < -0.4 is 11.0 Å². The fourth-order valence-corrected chi connectivity index (χ4v) is 7.83. The second-order valence-electron chi connectivity index (χ2n) is 11.4. The third kappa shape index (κ3) is 3.97. The molecule has 0 atom stereocenters. The van der Waals surface area contributed by atoms with Crippen LogP contribution in [0.5, 0.6) is 0 Å². The van der Waals surface area contributed by atoms with Gasteiger partial charge in [-0.1, -0.05) is 30.3 Å². The maximum Gasteiger partial charge on any atom is 0.346 e. The first kappa shape index (κ1) is 21.9. The standard InChI is InChI=1S/C27H37N5O2/c1-2-31-24(29-32(26(31)34)18-19-6-4-3-5-7-19)23-8-10-30(11-9-23)25(33)28-27-15-20-12-21(16-27)14-22(13-20)17-27/h3-7,20-23H,2,8-18H2,1H3,(H,28,33). The molecule has 0 radical (unpaired) electrons. The zero-order chi connectivity index (χ0) is 23.3. The molecule has 2 heterocycles. The molecular formula is C27H37N5O2. The van der Waals surface area contributed by atoms with Gasteiger partial charge < -0.3 is 10.2 Å². The number of likely N-dealkylation sites (tertiary alicyclic amines) is 1. The molecule has 7 nitrogen and oxygen atoms in total. The molecule has 0 spiro atoms. The minimum absolute atomic E-state index is 0.0386. The molecule has 5 aliphatic rings. The topological polar surface area (TPSA) is 72.2 Å². The maximum absolute atomic E-state index is 13.3. The smallest absolute Gasteiger partial charge is 0.333 e. The summed E-state index contributed by atoms with van der Waals surface area (Å²) in [7, 11) is 0. The van der Waals surface area contributed by atoms with Crippen molar-refractivity contribution in [2.75, 3.05) is 13.1 Å². The molecule has 0 unspecified atom stereocenters. The van der Waals surface area contributed by atoms with E-state index in [9.17, 15) is 9.59 Å². The van der Waals surface area contributed by atoms with Crippen LogP contribution in [0.4, 0.5) is 4.79 Å². The number of piperidine rings is 1. The van der Waals surface area contributed by atoms with E-state index in [0.29, 0.717) is 13.1 Å². The van der Waals surface area contributed by atoms with E-state index < -0.39 is 0 Å². The number of nitrogens with one attached hydrogen (secondary N) is 1. The molecule has 34 heavy (non-hydrogen) atoms. The van der Waals surface area contributed by atoms with Crippen LogP contribution in [0.25, 0.3) is 0 Å². The van der Waals surface area contributed by atoms with Gasteiger partial charge in [0.1, 0.15) is 5.82 Å². The van der Waals surface area contributed by atoms with Gasteiger partial charge in [-0.05, 0) is 81.6 Å². The van der Waals surface area contributed by atoms with Gasteiger partial charge in [0.05, 0.1) is 6.54 Å². The fourth-order valence-electron chi connectivity index (χ4n) is 7.83. The quantitative estimate of drug-likeness (QED) is 0.729. The van der Waals surface area contributed by atoms with E-state index in [4.69, 9.17) is 5.10 Å². The molecule has 1 N–H and O–H groups in total. The van der Waals surface area contributed by atoms with Crippen molar-refractivity contribution in [1.29, 1.82) is 0 Å². The molecule has 7 heteroatoms. The van der Waals surface area contributed by atoms with E-state index in [1.807, 2.05) is 46.7 Å². The minimum Gasteiger partial charge on any atom is -0.333 e. The molecule has 2 aromatic rings. The Hall–Kier alpha value is -2.57. The van der Waals surface area contributed by atoms with E-state index >= 15 is 0 Å². The first-order valence-corrected chi connectivity index (χ1v) is 13.3. The van der Waals surface area contributed by atoms with Gasteiger partial charge in [0.25, 0.3) is 0 Å². The Kier molecular flexibility index (Phi) is 5.53. The van der Waals surface area contributed by atoms with Crippen molar-refractivity contribution in [3.8, 4) is 0 Å². The zero-order valence-corrected chi connectivity index (χ0v) is 20.3. The number of carbonyl (C=O) groups excluding carboxylic acids is 1. The van der Waals surface area contributed by atoms with Crippen molar-refractivity contribution >= 4 is 6.03 Å². The van der Waals surface area contributed by atoms with E-state index in [1.165, 1.54) is 38.5 Å². The third-order valence-electron chi connectivity index (χ3n) is 9.00. The molecule has 4 aliphatic carbocycles. The summed E-state index contributed by atoms with van der Waals surface area (Å²) in [6.45, 7) is 4.58. The number of benzene rings is 1. The summed E-state index contributed by atoms with van der Waals surface area (Å²) in [6.07, 6.45) is 9.42. The maximum atomic E-state index is 13.3. The highest BCUT2D eigenvalue weighted by atomic mass is 16.2. The molecule has 2 amide bonds. The van der Waals surface area contributed by atoms with Crippen LogP contribution in [-0.4, -0.2) is 43.9 Å². The lowest BCUT2D eigenvalue weighted by atomic mass is 9.53. The Morgan fingerprint density at radius 2 is 1.65 bits per heavy atom. The Morgan fingerprint density at radius 1 is 1.03 bits per heavy atom. The highest BCUT2D eigenvalue weighted by molar-refractivity contribution is 5.75. The summed E-state index contributed by atoms with van der Waals surface area (Å²) < 4.78 is 3.42. The second kappa shape index (κ2) is 8.58. The lowest BCUT2D eigenvalue weighted by molar-refractivity contribution is -0.0160. The number of hydrogen-bond acceptors (Lipinski definition) is 3. The van der Waals surface area contributed by atoms with Crippen LogP contribution in [0.2, 0.25) is 0 Å². The van der Waals surface area contributed by atoms with Gasteiger partial charge >= 0.3 is 11.7 Å². The summed E-state index contributed by atoms with van der Waals surface area (Å²) in [5.74, 6) is 3.58. The summed E-state index contributed by atoms with van der Waals surface area (Å²) >= 11 is 0. The molecule has 4 saturated carbocycles. The van der Waals surface area contributed by atoms with Gasteiger partial charge in [-0.25, -0.2) is 14.3 Å².